The predicted octanol–water partition coefficient (Wildman–Crippen LogP) is 2.93. The zero-order chi connectivity index (χ0) is 10.1. The van der Waals surface area contributed by atoms with Gasteiger partial charge in [-0.3, -0.25) is 10.1 Å². The van der Waals surface area contributed by atoms with Crippen molar-refractivity contribution in [1.82, 2.24) is 0 Å². The van der Waals surface area contributed by atoms with Crippen LogP contribution in [0.4, 0.5) is 11.4 Å². The Labute approximate surface area is 89.6 Å². The van der Waals surface area contributed by atoms with E-state index in [-0.39, 0.29) is 5.69 Å². The molecule has 1 saturated carbocycles. The fourth-order valence-corrected chi connectivity index (χ4v) is 1.73. The van der Waals surface area contributed by atoms with Crippen molar-refractivity contribution in [1.29, 1.82) is 0 Å². The third-order valence-electron chi connectivity index (χ3n) is 2.09. The fourth-order valence-electron chi connectivity index (χ4n) is 1.21. The van der Waals surface area contributed by atoms with Gasteiger partial charge in [0.15, 0.2) is 0 Å². The Bertz CT molecular complexity index is 377. The molecule has 74 valence electrons. The van der Waals surface area contributed by atoms with E-state index < -0.39 is 4.92 Å². The predicted molar refractivity (Wildman–Crippen MR) is 57.4 cm³/mol. The molecule has 0 atom stereocenters. The number of halogens is 1. The Morgan fingerprint density at radius 3 is 2.71 bits per heavy atom. The number of anilines is 1. The van der Waals surface area contributed by atoms with Gasteiger partial charge in [-0.1, -0.05) is 0 Å². The Morgan fingerprint density at radius 1 is 1.50 bits per heavy atom. The summed E-state index contributed by atoms with van der Waals surface area (Å²) in [6.07, 6.45) is 2.38. The number of hydrogen-bond donors (Lipinski definition) is 1. The summed E-state index contributed by atoms with van der Waals surface area (Å²) in [7, 11) is 0. The number of nitro groups is 1. The van der Waals surface area contributed by atoms with Gasteiger partial charge in [-0.25, -0.2) is 0 Å². The Balaban J connectivity index is 2.20. The van der Waals surface area contributed by atoms with Gasteiger partial charge < -0.3 is 5.32 Å². The first-order chi connectivity index (χ1) is 6.66. The van der Waals surface area contributed by atoms with E-state index in [1.165, 1.54) is 18.9 Å². The van der Waals surface area contributed by atoms with Gasteiger partial charge in [0.25, 0.3) is 5.69 Å². The highest BCUT2D eigenvalue weighted by atomic mass is 79.9. The van der Waals surface area contributed by atoms with Gasteiger partial charge in [-0.15, -0.1) is 0 Å². The summed E-state index contributed by atoms with van der Waals surface area (Å²) in [5.41, 5.74) is 1.04. The zero-order valence-electron chi connectivity index (χ0n) is 7.37. The molecule has 0 bridgehead atoms. The van der Waals surface area contributed by atoms with E-state index in [0.29, 0.717) is 10.5 Å². The van der Waals surface area contributed by atoms with Crippen molar-refractivity contribution in [2.45, 2.75) is 18.9 Å². The molecular formula is C9H9BrN2O2. The molecule has 1 aromatic rings. The fraction of sp³-hybridized carbons (Fsp3) is 0.333. The van der Waals surface area contributed by atoms with Crippen molar-refractivity contribution >= 4 is 27.3 Å². The van der Waals surface area contributed by atoms with Crippen molar-refractivity contribution in [2.75, 3.05) is 5.32 Å². The second kappa shape index (κ2) is 3.57. The molecule has 0 unspecified atom stereocenters. The lowest BCUT2D eigenvalue weighted by Crippen LogP contribution is -2.00. The van der Waals surface area contributed by atoms with Crippen molar-refractivity contribution in [3.63, 3.8) is 0 Å². The summed E-state index contributed by atoms with van der Waals surface area (Å²) in [6, 6.07) is 5.55. The molecule has 1 aliphatic carbocycles. The Kier molecular flexibility index (Phi) is 2.41. The molecule has 0 amide bonds. The quantitative estimate of drug-likeness (QED) is 0.669. The topological polar surface area (TPSA) is 55.2 Å². The van der Waals surface area contributed by atoms with Crippen LogP contribution in [-0.2, 0) is 0 Å². The van der Waals surface area contributed by atoms with Gasteiger partial charge in [0, 0.05) is 17.8 Å². The highest BCUT2D eigenvalue weighted by Crippen LogP contribution is 2.30. The standard InChI is InChI=1S/C9H9BrN2O2/c10-8-5-7(11-6-1-2-6)3-4-9(8)12(13)14/h3-6,11H,1-2H2. The van der Waals surface area contributed by atoms with Crippen LogP contribution < -0.4 is 5.32 Å². The van der Waals surface area contributed by atoms with Gasteiger partial charge >= 0.3 is 0 Å². The molecule has 1 aliphatic rings. The van der Waals surface area contributed by atoms with Gasteiger partial charge in [0.05, 0.1) is 9.40 Å². The van der Waals surface area contributed by atoms with Gasteiger partial charge in [-0.05, 0) is 40.9 Å². The van der Waals surface area contributed by atoms with Crippen LogP contribution in [0, 0.1) is 10.1 Å². The van der Waals surface area contributed by atoms with Crippen LogP contribution in [0.15, 0.2) is 22.7 Å². The smallest absolute Gasteiger partial charge is 0.283 e. The van der Waals surface area contributed by atoms with E-state index in [2.05, 4.69) is 21.2 Å². The molecule has 0 aliphatic heterocycles. The van der Waals surface area contributed by atoms with Crippen LogP contribution in [0.25, 0.3) is 0 Å². The molecule has 0 radical (unpaired) electrons. The molecule has 1 aromatic carbocycles. The highest BCUT2D eigenvalue weighted by molar-refractivity contribution is 9.10. The van der Waals surface area contributed by atoms with E-state index in [0.717, 1.165) is 5.69 Å². The molecule has 0 spiro atoms. The number of benzene rings is 1. The SMILES string of the molecule is O=[N+]([O-])c1ccc(NC2CC2)cc1Br. The van der Waals surface area contributed by atoms with Crippen molar-refractivity contribution in [2.24, 2.45) is 0 Å². The second-order valence-corrected chi connectivity index (χ2v) is 4.20. The van der Waals surface area contributed by atoms with E-state index in [1.54, 1.807) is 12.1 Å². The first-order valence-corrected chi connectivity index (χ1v) is 5.16. The lowest BCUT2D eigenvalue weighted by molar-refractivity contribution is -0.385. The Morgan fingerprint density at radius 2 is 2.21 bits per heavy atom. The summed E-state index contributed by atoms with van der Waals surface area (Å²) in [6.45, 7) is 0. The molecule has 5 heteroatoms. The first kappa shape index (κ1) is 9.45. The number of hydrogen-bond acceptors (Lipinski definition) is 3. The van der Waals surface area contributed by atoms with Crippen molar-refractivity contribution in [3.8, 4) is 0 Å². The minimum atomic E-state index is -0.398. The van der Waals surface area contributed by atoms with Crippen LogP contribution in [-0.4, -0.2) is 11.0 Å². The largest absolute Gasteiger partial charge is 0.382 e. The molecule has 1 N–H and O–H groups in total. The normalized spacial score (nSPS) is 15.2. The minimum Gasteiger partial charge on any atom is -0.382 e. The third-order valence-corrected chi connectivity index (χ3v) is 2.73. The van der Waals surface area contributed by atoms with Gasteiger partial charge in [0.2, 0.25) is 0 Å². The Hall–Kier alpha value is -1.10. The number of nitro benzene ring substituents is 1. The van der Waals surface area contributed by atoms with Gasteiger partial charge in [0.1, 0.15) is 0 Å². The van der Waals surface area contributed by atoms with E-state index in [9.17, 15) is 10.1 Å². The molecular weight excluding hydrogens is 248 g/mol. The van der Waals surface area contributed by atoms with E-state index >= 15 is 0 Å². The third kappa shape index (κ3) is 2.04. The maximum absolute atomic E-state index is 10.5. The van der Waals surface area contributed by atoms with Crippen LogP contribution in [0.2, 0.25) is 0 Å². The average Bonchev–Trinajstić information content (AvgIpc) is 2.87. The summed E-state index contributed by atoms with van der Waals surface area (Å²) in [4.78, 5) is 10.1. The maximum atomic E-state index is 10.5. The zero-order valence-corrected chi connectivity index (χ0v) is 8.95. The average molecular weight is 257 g/mol. The molecule has 4 nitrogen and oxygen atoms in total. The van der Waals surface area contributed by atoms with Crippen molar-refractivity contribution < 1.29 is 4.92 Å². The molecule has 2 rings (SSSR count). The minimum absolute atomic E-state index is 0.103. The second-order valence-electron chi connectivity index (χ2n) is 3.34. The molecule has 14 heavy (non-hydrogen) atoms. The number of rotatable bonds is 3. The number of nitrogens with zero attached hydrogens (tertiary/aromatic N) is 1. The molecule has 0 saturated heterocycles. The summed E-state index contributed by atoms with van der Waals surface area (Å²) < 4.78 is 0.521. The molecule has 0 aromatic heterocycles. The van der Waals surface area contributed by atoms with Crippen LogP contribution in [0.1, 0.15) is 12.8 Å². The lowest BCUT2D eigenvalue weighted by Gasteiger charge is -2.04. The summed E-state index contributed by atoms with van der Waals surface area (Å²) in [5, 5.41) is 13.8. The van der Waals surface area contributed by atoms with Gasteiger partial charge in [-0.2, -0.15) is 0 Å². The molecule has 1 fully saturated rings. The van der Waals surface area contributed by atoms with Crippen molar-refractivity contribution in [3.05, 3.63) is 32.8 Å². The maximum Gasteiger partial charge on any atom is 0.283 e. The van der Waals surface area contributed by atoms with Crippen LogP contribution in [0.5, 0.6) is 0 Å². The monoisotopic (exact) mass is 256 g/mol. The lowest BCUT2D eigenvalue weighted by atomic mass is 10.3. The first-order valence-electron chi connectivity index (χ1n) is 4.37. The van der Waals surface area contributed by atoms with E-state index in [4.69, 9.17) is 0 Å². The number of nitrogens with one attached hydrogen (secondary N) is 1. The van der Waals surface area contributed by atoms with E-state index in [1.807, 2.05) is 0 Å². The summed E-state index contributed by atoms with van der Waals surface area (Å²) >= 11 is 3.18. The summed E-state index contributed by atoms with van der Waals surface area (Å²) in [5.74, 6) is 0. The highest BCUT2D eigenvalue weighted by Gasteiger charge is 2.21. The molecule has 0 heterocycles. The van der Waals surface area contributed by atoms with Crippen LogP contribution >= 0.6 is 15.9 Å². The van der Waals surface area contributed by atoms with Crippen LogP contribution in [0.3, 0.4) is 0 Å².